The van der Waals surface area contributed by atoms with E-state index in [9.17, 15) is 4.79 Å². The summed E-state index contributed by atoms with van der Waals surface area (Å²) in [5, 5.41) is 6.95. The highest BCUT2D eigenvalue weighted by molar-refractivity contribution is 7.22. The molecule has 0 saturated heterocycles. The summed E-state index contributed by atoms with van der Waals surface area (Å²) in [5.41, 5.74) is 4.24. The van der Waals surface area contributed by atoms with Crippen molar-refractivity contribution in [1.29, 1.82) is 0 Å². The number of carbonyl (C=O) groups is 1. The van der Waals surface area contributed by atoms with E-state index < -0.39 is 0 Å². The Balaban J connectivity index is 1.67. The van der Waals surface area contributed by atoms with Gasteiger partial charge in [0.1, 0.15) is 5.52 Å². The maximum Gasteiger partial charge on any atom is 0.229 e. The minimum Gasteiger partial charge on any atom is -0.313 e. The third kappa shape index (κ3) is 3.55. The van der Waals surface area contributed by atoms with Crippen molar-refractivity contribution in [2.45, 2.75) is 26.3 Å². The number of carbonyl (C=O) groups excluding carboxylic acids is 1. The number of amides is 1. The number of fused-ring (bicyclic) bond motifs is 1. The van der Waals surface area contributed by atoms with Crippen LogP contribution in [0.25, 0.3) is 21.3 Å². The van der Waals surface area contributed by atoms with Gasteiger partial charge in [0.25, 0.3) is 0 Å². The Bertz CT molecular complexity index is 917. The van der Waals surface area contributed by atoms with Crippen molar-refractivity contribution in [3.63, 3.8) is 0 Å². The lowest BCUT2D eigenvalue weighted by atomic mass is 10.0. The molecule has 0 radical (unpaired) electrons. The Morgan fingerprint density at radius 2 is 2.20 bits per heavy atom. The molecule has 1 aliphatic rings. The fourth-order valence-corrected chi connectivity index (χ4v) is 3.76. The predicted molar refractivity (Wildman–Crippen MR) is 102 cm³/mol. The fourth-order valence-electron chi connectivity index (χ4n) is 2.78. The van der Waals surface area contributed by atoms with Crippen molar-refractivity contribution in [1.82, 2.24) is 15.3 Å². The van der Waals surface area contributed by atoms with Crippen LogP contribution in [0.1, 0.15) is 25.3 Å². The molecule has 1 saturated carbocycles. The number of hydrogen-bond donors (Lipinski definition) is 2. The molecule has 2 aromatic heterocycles. The molecule has 0 unspecified atom stereocenters. The van der Waals surface area contributed by atoms with Crippen LogP contribution < -0.4 is 10.6 Å². The summed E-state index contributed by atoms with van der Waals surface area (Å²) in [6.45, 7) is 3.89. The lowest BCUT2D eigenvalue weighted by Crippen LogP contribution is -2.12. The van der Waals surface area contributed by atoms with Gasteiger partial charge in [0, 0.05) is 24.2 Å². The molecule has 0 bridgehead atoms. The molecule has 2 heterocycles. The minimum absolute atomic E-state index is 0.0844. The SMILES string of the molecule is CCNCc1cccc(-c2cncc3nc(NC(=O)C4CC4)sc23)c1. The van der Waals surface area contributed by atoms with E-state index in [-0.39, 0.29) is 11.8 Å². The van der Waals surface area contributed by atoms with Crippen molar-refractivity contribution in [3.05, 3.63) is 42.2 Å². The van der Waals surface area contributed by atoms with Crippen LogP contribution in [0.3, 0.4) is 0 Å². The number of rotatable bonds is 6. The van der Waals surface area contributed by atoms with Gasteiger partial charge in [-0.2, -0.15) is 0 Å². The van der Waals surface area contributed by atoms with Gasteiger partial charge in [-0.25, -0.2) is 4.98 Å². The molecular weight excluding hydrogens is 332 g/mol. The summed E-state index contributed by atoms with van der Waals surface area (Å²) in [6.07, 6.45) is 5.61. The molecule has 3 aromatic rings. The van der Waals surface area contributed by atoms with E-state index in [1.165, 1.54) is 16.9 Å². The van der Waals surface area contributed by atoms with Gasteiger partial charge in [-0.15, -0.1) is 0 Å². The predicted octanol–water partition coefficient (Wildman–Crippen LogP) is 3.82. The first-order valence-corrected chi connectivity index (χ1v) is 9.41. The second kappa shape index (κ2) is 6.90. The first-order chi connectivity index (χ1) is 12.2. The molecule has 2 N–H and O–H groups in total. The summed E-state index contributed by atoms with van der Waals surface area (Å²) in [4.78, 5) is 20.9. The van der Waals surface area contributed by atoms with Crippen LogP contribution in [-0.2, 0) is 11.3 Å². The number of nitrogens with zero attached hydrogens (tertiary/aromatic N) is 2. The van der Waals surface area contributed by atoms with Gasteiger partial charge < -0.3 is 10.6 Å². The van der Waals surface area contributed by atoms with E-state index in [1.54, 1.807) is 6.20 Å². The highest BCUT2D eigenvalue weighted by Gasteiger charge is 2.30. The molecule has 0 aliphatic heterocycles. The molecule has 128 valence electrons. The van der Waals surface area contributed by atoms with Crippen molar-refractivity contribution in [3.8, 4) is 11.1 Å². The van der Waals surface area contributed by atoms with E-state index in [4.69, 9.17) is 0 Å². The van der Waals surface area contributed by atoms with E-state index in [0.717, 1.165) is 47.3 Å². The molecule has 1 aromatic carbocycles. The van der Waals surface area contributed by atoms with Gasteiger partial charge in [-0.1, -0.05) is 36.5 Å². The number of hydrogen-bond acceptors (Lipinski definition) is 5. The molecule has 1 fully saturated rings. The topological polar surface area (TPSA) is 66.9 Å². The zero-order chi connectivity index (χ0) is 17.2. The third-order valence-corrected chi connectivity index (χ3v) is 5.31. The maximum absolute atomic E-state index is 12.0. The average molecular weight is 352 g/mol. The van der Waals surface area contributed by atoms with Gasteiger partial charge in [0.05, 0.1) is 10.9 Å². The molecule has 25 heavy (non-hydrogen) atoms. The Hall–Kier alpha value is -2.31. The largest absolute Gasteiger partial charge is 0.313 e. The minimum atomic E-state index is 0.0844. The van der Waals surface area contributed by atoms with Crippen LogP contribution in [0.15, 0.2) is 36.7 Å². The number of benzene rings is 1. The van der Waals surface area contributed by atoms with Gasteiger partial charge in [0.15, 0.2) is 5.13 Å². The van der Waals surface area contributed by atoms with Crippen LogP contribution in [-0.4, -0.2) is 22.4 Å². The summed E-state index contributed by atoms with van der Waals surface area (Å²) in [5.74, 6) is 0.258. The van der Waals surface area contributed by atoms with Crippen LogP contribution in [0.5, 0.6) is 0 Å². The van der Waals surface area contributed by atoms with Crippen molar-refractivity contribution in [2.75, 3.05) is 11.9 Å². The lowest BCUT2D eigenvalue weighted by molar-refractivity contribution is -0.117. The monoisotopic (exact) mass is 352 g/mol. The van der Waals surface area contributed by atoms with Crippen molar-refractivity contribution >= 4 is 32.6 Å². The Kier molecular flexibility index (Phi) is 4.46. The molecule has 1 aliphatic carbocycles. The normalized spacial score (nSPS) is 14.0. The quantitative estimate of drug-likeness (QED) is 0.708. The number of anilines is 1. The summed E-state index contributed by atoms with van der Waals surface area (Å²) < 4.78 is 1.06. The smallest absolute Gasteiger partial charge is 0.229 e. The maximum atomic E-state index is 12.0. The fraction of sp³-hybridized carbons (Fsp3) is 0.316. The van der Waals surface area contributed by atoms with E-state index in [1.807, 2.05) is 6.20 Å². The lowest BCUT2D eigenvalue weighted by Gasteiger charge is -2.06. The van der Waals surface area contributed by atoms with Crippen LogP contribution in [0, 0.1) is 5.92 Å². The summed E-state index contributed by atoms with van der Waals surface area (Å²) >= 11 is 1.52. The zero-order valence-electron chi connectivity index (χ0n) is 14.1. The molecule has 0 spiro atoms. The summed E-state index contributed by atoms with van der Waals surface area (Å²) in [6, 6.07) is 8.46. The van der Waals surface area contributed by atoms with Crippen LogP contribution in [0.2, 0.25) is 0 Å². The molecule has 6 heteroatoms. The Morgan fingerprint density at radius 3 is 3.00 bits per heavy atom. The number of thiazole rings is 1. The van der Waals surface area contributed by atoms with Gasteiger partial charge in [-0.05, 0) is 36.6 Å². The van der Waals surface area contributed by atoms with Crippen LogP contribution in [0.4, 0.5) is 5.13 Å². The molecular formula is C19H20N4OS. The summed E-state index contributed by atoms with van der Waals surface area (Å²) in [7, 11) is 0. The third-order valence-electron chi connectivity index (χ3n) is 4.29. The first-order valence-electron chi connectivity index (χ1n) is 8.60. The number of pyridine rings is 1. The molecule has 5 nitrogen and oxygen atoms in total. The molecule has 0 atom stereocenters. The van der Waals surface area contributed by atoms with Crippen molar-refractivity contribution < 1.29 is 4.79 Å². The van der Waals surface area contributed by atoms with E-state index in [0.29, 0.717) is 5.13 Å². The van der Waals surface area contributed by atoms with Crippen LogP contribution >= 0.6 is 11.3 Å². The second-order valence-electron chi connectivity index (χ2n) is 6.30. The highest BCUT2D eigenvalue weighted by Crippen LogP contribution is 2.36. The molecule has 1 amide bonds. The van der Waals surface area contributed by atoms with Gasteiger partial charge in [0.2, 0.25) is 5.91 Å². The van der Waals surface area contributed by atoms with Gasteiger partial charge >= 0.3 is 0 Å². The van der Waals surface area contributed by atoms with E-state index in [2.05, 4.69) is 51.8 Å². The standard InChI is InChI=1S/C19H20N4OS/c1-2-20-9-12-4-3-5-14(8-12)15-10-21-11-16-17(15)25-19(22-16)23-18(24)13-6-7-13/h3-5,8,10-11,13,20H,2,6-7,9H2,1H3,(H,22,23,24). The Morgan fingerprint density at radius 1 is 1.32 bits per heavy atom. The second-order valence-corrected chi connectivity index (χ2v) is 7.30. The van der Waals surface area contributed by atoms with Gasteiger partial charge in [-0.3, -0.25) is 9.78 Å². The Labute approximate surface area is 150 Å². The average Bonchev–Trinajstić information content (AvgIpc) is 3.40. The molecule has 4 rings (SSSR count). The van der Waals surface area contributed by atoms with Crippen molar-refractivity contribution in [2.24, 2.45) is 5.92 Å². The number of aromatic nitrogens is 2. The van der Waals surface area contributed by atoms with E-state index >= 15 is 0 Å². The highest BCUT2D eigenvalue weighted by atomic mass is 32.1. The number of nitrogens with one attached hydrogen (secondary N) is 2. The first kappa shape index (κ1) is 16.2. The zero-order valence-corrected chi connectivity index (χ0v) is 14.9.